The maximum atomic E-state index is 12.8. The Kier molecular flexibility index (Phi) is 9.76. The van der Waals surface area contributed by atoms with Crippen molar-refractivity contribution < 1.29 is 73.8 Å². The zero-order chi connectivity index (χ0) is 26.9. The summed E-state index contributed by atoms with van der Waals surface area (Å²) in [5.41, 5.74) is -0.104. The molecule has 3 aromatic rings. The van der Waals surface area contributed by atoms with Crippen molar-refractivity contribution in [3.05, 3.63) is 54.1 Å². The van der Waals surface area contributed by atoms with Crippen LogP contribution in [0.25, 0.3) is 10.8 Å². The number of Topliss-reactive ketones (excluding diaryl/α,β-unsaturated/α-hetero) is 1. The first-order valence-corrected chi connectivity index (χ1v) is 14.7. The van der Waals surface area contributed by atoms with Crippen LogP contribution in [0, 0.1) is 0 Å². The third-order valence-electron chi connectivity index (χ3n) is 4.93. The average molecular weight is 579 g/mol. The molecule has 0 bridgehead atoms. The Bertz CT molecular complexity index is 1700. The molecule has 0 aliphatic heterocycles. The van der Waals surface area contributed by atoms with Gasteiger partial charge < -0.3 is 5.11 Å². The van der Waals surface area contributed by atoms with E-state index in [-0.39, 0.29) is 74.4 Å². The molecule has 12 nitrogen and oxygen atoms in total. The van der Waals surface area contributed by atoms with Gasteiger partial charge in [0, 0.05) is 6.42 Å². The van der Waals surface area contributed by atoms with Gasteiger partial charge in [0.1, 0.15) is 16.4 Å². The van der Waals surface area contributed by atoms with E-state index >= 15 is 0 Å². The number of hydrogen-bond donors (Lipinski definition) is 2. The first-order valence-electron chi connectivity index (χ1n) is 10.0. The largest absolute Gasteiger partial charge is 1.00 e. The SMILES string of the molecule is CC(=O)Cc1ccc2cc(S(=O)(=O)O)c(N=Nc3ccc(S(=O)(=O)CCS(=O)(=O)O)cc3)cc2c1[O-].[Na+]. The molecule has 0 saturated heterocycles. The number of fused-ring (bicyclic) bond motifs is 1. The van der Waals surface area contributed by atoms with Gasteiger partial charge in [-0.1, -0.05) is 17.9 Å². The van der Waals surface area contributed by atoms with Gasteiger partial charge in [0.25, 0.3) is 20.2 Å². The molecular formula is C21H19N2NaO10S3. The molecule has 2 N–H and O–H groups in total. The summed E-state index contributed by atoms with van der Waals surface area (Å²) >= 11 is 0. The van der Waals surface area contributed by atoms with Crippen molar-refractivity contribution >= 4 is 58.0 Å². The number of azo groups is 1. The smallest absolute Gasteiger partial charge is 0.872 e. The second-order valence-electron chi connectivity index (χ2n) is 7.75. The molecule has 0 spiro atoms. The second kappa shape index (κ2) is 11.7. The van der Waals surface area contributed by atoms with E-state index in [1.165, 1.54) is 31.2 Å². The van der Waals surface area contributed by atoms with Crippen molar-refractivity contribution in [1.82, 2.24) is 0 Å². The van der Waals surface area contributed by atoms with E-state index in [2.05, 4.69) is 10.2 Å². The summed E-state index contributed by atoms with van der Waals surface area (Å²) in [4.78, 5) is 10.5. The number of carbonyl (C=O) groups excluding carboxylic acids is 1. The average Bonchev–Trinajstić information content (AvgIpc) is 2.77. The molecule has 0 unspecified atom stereocenters. The summed E-state index contributed by atoms with van der Waals surface area (Å²) < 4.78 is 88.2. The van der Waals surface area contributed by atoms with Crippen molar-refractivity contribution in [2.24, 2.45) is 10.2 Å². The van der Waals surface area contributed by atoms with Crippen LogP contribution in [-0.2, 0) is 41.3 Å². The first-order chi connectivity index (χ1) is 16.6. The van der Waals surface area contributed by atoms with E-state index < -0.39 is 52.2 Å². The number of rotatable bonds is 9. The fourth-order valence-electron chi connectivity index (χ4n) is 3.21. The Morgan fingerprint density at radius 2 is 1.51 bits per heavy atom. The molecule has 0 atom stereocenters. The van der Waals surface area contributed by atoms with Gasteiger partial charge in [0.05, 0.1) is 22.1 Å². The zero-order valence-corrected chi connectivity index (χ0v) is 24.0. The molecule has 192 valence electrons. The number of hydrogen-bond acceptors (Lipinski definition) is 10. The third-order valence-corrected chi connectivity index (χ3v) is 8.52. The van der Waals surface area contributed by atoms with Crippen LogP contribution in [0.15, 0.2) is 68.6 Å². The predicted molar refractivity (Wildman–Crippen MR) is 127 cm³/mol. The minimum atomic E-state index is -4.77. The van der Waals surface area contributed by atoms with Crippen molar-refractivity contribution in [3.8, 4) is 5.75 Å². The van der Waals surface area contributed by atoms with E-state index in [0.29, 0.717) is 0 Å². The monoisotopic (exact) mass is 578 g/mol. The van der Waals surface area contributed by atoms with Gasteiger partial charge in [-0.2, -0.15) is 21.9 Å². The van der Waals surface area contributed by atoms with Crippen molar-refractivity contribution in [1.29, 1.82) is 0 Å². The summed E-state index contributed by atoms with van der Waals surface area (Å²) in [5.74, 6) is -2.58. The molecule has 0 radical (unpaired) electrons. The molecule has 3 aromatic carbocycles. The van der Waals surface area contributed by atoms with Crippen LogP contribution in [-0.4, -0.2) is 51.6 Å². The van der Waals surface area contributed by atoms with Crippen LogP contribution < -0.4 is 34.7 Å². The van der Waals surface area contributed by atoms with Crippen LogP contribution in [0.1, 0.15) is 12.5 Å². The molecule has 0 amide bonds. The van der Waals surface area contributed by atoms with Crippen LogP contribution in [0.3, 0.4) is 0 Å². The topological polar surface area (TPSA) is 208 Å². The summed E-state index contributed by atoms with van der Waals surface area (Å²) in [7, 11) is -13.3. The molecule has 16 heteroatoms. The summed E-state index contributed by atoms with van der Waals surface area (Å²) in [6.45, 7) is 1.32. The minimum Gasteiger partial charge on any atom is -0.872 e. The quantitative estimate of drug-likeness (QED) is 0.187. The molecule has 0 aliphatic rings. The van der Waals surface area contributed by atoms with Crippen LogP contribution in [0.2, 0.25) is 0 Å². The summed E-state index contributed by atoms with van der Waals surface area (Å²) in [6, 6.07) is 9.64. The van der Waals surface area contributed by atoms with E-state index in [1.54, 1.807) is 0 Å². The maximum Gasteiger partial charge on any atom is 1.00 e. The van der Waals surface area contributed by atoms with Gasteiger partial charge in [0.15, 0.2) is 9.84 Å². The van der Waals surface area contributed by atoms with E-state index in [4.69, 9.17) is 4.55 Å². The van der Waals surface area contributed by atoms with E-state index in [0.717, 1.165) is 24.3 Å². The number of nitrogens with zero attached hydrogens (tertiary/aromatic N) is 2. The number of benzene rings is 3. The fourth-order valence-corrected chi connectivity index (χ4v) is 6.36. The summed E-state index contributed by atoms with van der Waals surface area (Å²) in [6.07, 6.45) is -0.120. The van der Waals surface area contributed by atoms with Crippen LogP contribution in [0.5, 0.6) is 5.75 Å². The molecule has 3 rings (SSSR count). The minimum absolute atomic E-state index is 0. The van der Waals surface area contributed by atoms with Gasteiger partial charge in [-0.3, -0.25) is 13.9 Å². The Labute approximate surface area is 235 Å². The molecule has 0 saturated carbocycles. The van der Waals surface area contributed by atoms with Gasteiger partial charge in [-0.25, -0.2) is 8.42 Å². The van der Waals surface area contributed by atoms with Crippen LogP contribution >= 0.6 is 0 Å². The summed E-state index contributed by atoms with van der Waals surface area (Å²) in [5, 5.41) is 20.6. The van der Waals surface area contributed by atoms with Gasteiger partial charge >= 0.3 is 29.6 Å². The standard InChI is InChI=1S/C21H20N2O10S3.Na/c1-13(24)10-15-3-2-14-11-20(36(31,32)33)19(12-18(14)21(15)25)23-22-16-4-6-17(7-5-16)34(26,27)8-9-35(28,29)30;/h2-7,11-12,25H,8-10H2,1H3,(H,28,29,30)(H,31,32,33);/q;+1/p-1. The maximum absolute atomic E-state index is 12.8. The molecule has 37 heavy (non-hydrogen) atoms. The Morgan fingerprint density at radius 3 is 2.05 bits per heavy atom. The normalized spacial score (nSPS) is 12.5. The van der Waals surface area contributed by atoms with Crippen molar-refractivity contribution in [2.75, 3.05) is 11.5 Å². The zero-order valence-electron chi connectivity index (χ0n) is 19.5. The number of carbonyl (C=O) groups is 1. The predicted octanol–water partition coefficient (Wildman–Crippen LogP) is -0.627. The first kappa shape index (κ1) is 31.0. The number of ketones is 1. The van der Waals surface area contributed by atoms with Gasteiger partial charge in [-0.15, -0.1) is 5.11 Å². The molecule has 0 heterocycles. The molecule has 0 aliphatic carbocycles. The van der Waals surface area contributed by atoms with Gasteiger partial charge in [-0.05, 0) is 59.7 Å². The van der Waals surface area contributed by atoms with Crippen molar-refractivity contribution in [2.45, 2.75) is 23.1 Å². The van der Waals surface area contributed by atoms with E-state index in [1.807, 2.05) is 0 Å². The molecule has 0 aromatic heterocycles. The Morgan fingerprint density at radius 1 is 0.892 bits per heavy atom. The Balaban J connectivity index is 0.00000481. The number of sulfone groups is 1. The fraction of sp³-hybridized carbons (Fsp3) is 0.190. The molecule has 0 fully saturated rings. The Hall–Kier alpha value is -2.24. The van der Waals surface area contributed by atoms with Crippen molar-refractivity contribution in [3.63, 3.8) is 0 Å². The second-order valence-corrected chi connectivity index (χ2v) is 12.8. The third kappa shape index (κ3) is 8.12. The van der Waals surface area contributed by atoms with E-state index in [9.17, 15) is 39.7 Å². The van der Waals surface area contributed by atoms with Crippen LogP contribution in [0.4, 0.5) is 11.4 Å². The van der Waals surface area contributed by atoms with Gasteiger partial charge in [0.2, 0.25) is 0 Å². The molecular weight excluding hydrogens is 559 g/mol.